The second-order valence-corrected chi connectivity index (χ2v) is 5.26. The van der Waals surface area contributed by atoms with Gasteiger partial charge in [0.25, 0.3) is 5.91 Å². The van der Waals surface area contributed by atoms with Gasteiger partial charge in [-0.2, -0.15) is 0 Å². The van der Waals surface area contributed by atoms with Crippen molar-refractivity contribution in [3.8, 4) is 5.75 Å². The summed E-state index contributed by atoms with van der Waals surface area (Å²) in [5.74, 6) is 0.208. The summed E-state index contributed by atoms with van der Waals surface area (Å²) in [5.41, 5.74) is 0.516. The quantitative estimate of drug-likeness (QED) is 0.885. The molecule has 2 rings (SSSR count). The van der Waals surface area contributed by atoms with Crippen LogP contribution in [0.3, 0.4) is 0 Å². The molecule has 104 valence electrons. The minimum atomic E-state index is -0.316. The van der Waals surface area contributed by atoms with Crippen LogP contribution in [0.25, 0.3) is 0 Å². The maximum atomic E-state index is 11.7. The number of halogens is 3. The Bertz CT molecular complexity index is 611. The first-order valence-electron chi connectivity index (χ1n) is 5.67. The largest absolute Gasteiger partial charge is 0.484 e. The molecular formula is C14H10Cl3NO2. The summed E-state index contributed by atoms with van der Waals surface area (Å²) in [5, 5.41) is 4.08. The summed E-state index contributed by atoms with van der Waals surface area (Å²) in [7, 11) is 0. The van der Waals surface area contributed by atoms with Crippen molar-refractivity contribution < 1.29 is 9.53 Å². The Morgan fingerprint density at radius 3 is 2.35 bits per heavy atom. The molecule has 0 saturated heterocycles. The van der Waals surface area contributed by atoms with Gasteiger partial charge in [0, 0.05) is 20.8 Å². The first-order chi connectivity index (χ1) is 9.52. The van der Waals surface area contributed by atoms with Crippen molar-refractivity contribution in [3.63, 3.8) is 0 Å². The van der Waals surface area contributed by atoms with E-state index in [2.05, 4.69) is 5.32 Å². The van der Waals surface area contributed by atoms with Gasteiger partial charge in [-0.15, -0.1) is 0 Å². The number of benzene rings is 2. The highest BCUT2D eigenvalue weighted by molar-refractivity contribution is 6.35. The highest BCUT2D eigenvalue weighted by Gasteiger charge is 2.05. The molecule has 0 fully saturated rings. The lowest BCUT2D eigenvalue weighted by Gasteiger charge is -2.08. The number of hydrogen-bond acceptors (Lipinski definition) is 2. The number of carbonyl (C=O) groups is 1. The molecule has 3 nitrogen and oxygen atoms in total. The van der Waals surface area contributed by atoms with E-state index in [0.717, 1.165) is 0 Å². The van der Waals surface area contributed by atoms with Crippen LogP contribution in [0.15, 0.2) is 42.5 Å². The van der Waals surface area contributed by atoms with Gasteiger partial charge in [0.15, 0.2) is 6.61 Å². The predicted octanol–water partition coefficient (Wildman–Crippen LogP) is 4.66. The fourth-order valence-corrected chi connectivity index (χ4v) is 2.24. The van der Waals surface area contributed by atoms with Gasteiger partial charge >= 0.3 is 0 Å². The van der Waals surface area contributed by atoms with Gasteiger partial charge in [0.05, 0.1) is 0 Å². The van der Waals surface area contributed by atoms with E-state index >= 15 is 0 Å². The van der Waals surface area contributed by atoms with Crippen LogP contribution in [0.5, 0.6) is 5.75 Å². The average molecular weight is 331 g/mol. The molecule has 0 unspecified atom stereocenters. The Hall–Kier alpha value is -1.42. The minimum Gasteiger partial charge on any atom is -0.484 e. The SMILES string of the molecule is O=C(COc1cccc(Cl)c1)Nc1cc(Cl)cc(Cl)c1. The zero-order valence-corrected chi connectivity index (χ0v) is 12.5. The lowest BCUT2D eigenvalue weighted by atomic mass is 10.3. The fraction of sp³-hybridized carbons (Fsp3) is 0.0714. The second-order valence-electron chi connectivity index (χ2n) is 3.95. The Morgan fingerprint density at radius 2 is 1.70 bits per heavy atom. The average Bonchev–Trinajstić information content (AvgIpc) is 2.35. The number of ether oxygens (including phenoxy) is 1. The van der Waals surface area contributed by atoms with Crippen molar-refractivity contribution in [1.82, 2.24) is 0 Å². The number of carbonyl (C=O) groups excluding carboxylic acids is 1. The lowest BCUT2D eigenvalue weighted by molar-refractivity contribution is -0.118. The Labute approximate surface area is 131 Å². The van der Waals surface area contributed by atoms with E-state index < -0.39 is 0 Å². The van der Waals surface area contributed by atoms with Crippen LogP contribution in [-0.2, 0) is 4.79 Å². The molecule has 2 aromatic rings. The molecular weight excluding hydrogens is 321 g/mol. The van der Waals surface area contributed by atoms with Crippen LogP contribution >= 0.6 is 34.8 Å². The molecule has 0 aromatic heterocycles. The fourth-order valence-electron chi connectivity index (χ4n) is 1.53. The molecule has 1 N–H and O–H groups in total. The number of rotatable bonds is 4. The molecule has 0 bridgehead atoms. The first kappa shape index (κ1) is 15.0. The molecule has 0 atom stereocenters. The summed E-state index contributed by atoms with van der Waals surface area (Å²) in [6.07, 6.45) is 0. The van der Waals surface area contributed by atoms with Gasteiger partial charge in [-0.25, -0.2) is 0 Å². The molecule has 0 radical (unpaired) electrons. The van der Waals surface area contributed by atoms with Crippen molar-refractivity contribution >= 4 is 46.4 Å². The molecule has 0 aliphatic carbocycles. The molecule has 0 heterocycles. The summed E-state index contributed by atoms with van der Waals surface area (Å²) < 4.78 is 5.32. The summed E-state index contributed by atoms with van der Waals surface area (Å²) in [4.78, 5) is 11.7. The Balaban J connectivity index is 1.92. The molecule has 0 aliphatic rings. The minimum absolute atomic E-state index is 0.134. The third-order valence-corrected chi connectivity index (χ3v) is 2.98. The van der Waals surface area contributed by atoms with E-state index in [1.54, 1.807) is 42.5 Å². The Kier molecular flexibility index (Phi) is 5.12. The van der Waals surface area contributed by atoms with E-state index in [0.29, 0.717) is 26.5 Å². The van der Waals surface area contributed by atoms with Gasteiger partial charge in [0.1, 0.15) is 5.75 Å². The molecule has 0 spiro atoms. The predicted molar refractivity (Wildman–Crippen MR) is 82.0 cm³/mol. The smallest absolute Gasteiger partial charge is 0.262 e. The van der Waals surface area contributed by atoms with Gasteiger partial charge in [-0.3, -0.25) is 4.79 Å². The van der Waals surface area contributed by atoms with Crippen LogP contribution in [0.4, 0.5) is 5.69 Å². The topological polar surface area (TPSA) is 38.3 Å². The highest BCUT2D eigenvalue weighted by Crippen LogP contribution is 2.22. The van der Waals surface area contributed by atoms with Gasteiger partial charge in [0.2, 0.25) is 0 Å². The van der Waals surface area contributed by atoms with Crippen molar-refractivity contribution in [1.29, 1.82) is 0 Å². The highest BCUT2D eigenvalue weighted by atomic mass is 35.5. The van der Waals surface area contributed by atoms with Crippen LogP contribution in [0.1, 0.15) is 0 Å². The summed E-state index contributed by atoms with van der Waals surface area (Å²) in [6, 6.07) is 11.6. The van der Waals surface area contributed by atoms with Crippen LogP contribution < -0.4 is 10.1 Å². The maximum Gasteiger partial charge on any atom is 0.262 e. The molecule has 0 saturated carbocycles. The molecule has 6 heteroatoms. The molecule has 0 aliphatic heterocycles. The third kappa shape index (κ3) is 4.60. The van der Waals surface area contributed by atoms with E-state index in [1.165, 1.54) is 0 Å². The third-order valence-electron chi connectivity index (χ3n) is 2.31. The number of anilines is 1. The van der Waals surface area contributed by atoms with E-state index in [-0.39, 0.29) is 12.5 Å². The van der Waals surface area contributed by atoms with Crippen LogP contribution in [0, 0.1) is 0 Å². The number of nitrogens with one attached hydrogen (secondary N) is 1. The zero-order valence-electron chi connectivity index (χ0n) is 10.2. The maximum absolute atomic E-state index is 11.7. The van der Waals surface area contributed by atoms with E-state index in [9.17, 15) is 4.79 Å². The van der Waals surface area contributed by atoms with Gasteiger partial charge < -0.3 is 10.1 Å². The molecule has 20 heavy (non-hydrogen) atoms. The zero-order chi connectivity index (χ0) is 14.5. The van der Waals surface area contributed by atoms with Crippen molar-refractivity contribution in [3.05, 3.63) is 57.5 Å². The summed E-state index contributed by atoms with van der Waals surface area (Å²) in [6.45, 7) is -0.134. The first-order valence-corrected chi connectivity index (χ1v) is 6.80. The van der Waals surface area contributed by atoms with Crippen LogP contribution in [0.2, 0.25) is 15.1 Å². The van der Waals surface area contributed by atoms with Crippen LogP contribution in [-0.4, -0.2) is 12.5 Å². The van der Waals surface area contributed by atoms with Crippen molar-refractivity contribution in [2.75, 3.05) is 11.9 Å². The monoisotopic (exact) mass is 329 g/mol. The van der Waals surface area contributed by atoms with E-state index in [1.807, 2.05) is 0 Å². The molecule has 1 amide bonds. The van der Waals surface area contributed by atoms with E-state index in [4.69, 9.17) is 39.5 Å². The Morgan fingerprint density at radius 1 is 1.00 bits per heavy atom. The number of hydrogen-bond donors (Lipinski definition) is 1. The number of amides is 1. The van der Waals surface area contributed by atoms with Crippen molar-refractivity contribution in [2.45, 2.75) is 0 Å². The van der Waals surface area contributed by atoms with Gasteiger partial charge in [-0.05, 0) is 36.4 Å². The molecule has 2 aromatic carbocycles. The normalized spacial score (nSPS) is 10.2. The second kappa shape index (κ2) is 6.84. The summed E-state index contributed by atoms with van der Waals surface area (Å²) >= 11 is 17.5. The lowest BCUT2D eigenvalue weighted by Crippen LogP contribution is -2.20. The van der Waals surface area contributed by atoms with Crippen molar-refractivity contribution in [2.24, 2.45) is 0 Å². The standard InChI is InChI=1S/C14H10Cl3NO2/c15-9-2-1-3-13(7-9)20-8-14(19)18-12-5-10(16)4-11(17)6-12/h1-7H,8H2,(H,18,19). The van der Waals surface area contributed by atoms with Gasteiger partial charge in [-0.1, -0.05) is 40.9 Å².